The summed E-state index contributed by atoms with van der Waals surface area (Å²) in [6.45, 7) is 7.35. The first-order valence-corrected chi connectivity index (χ1v) is 6.00. The predicted octanol–water partition coefficient (Wildman–Crippen LogP) is 1.26. The predicted molar refractivity (Wildman–Crippen MR) is 66.6 cm³/mol. The van der Waals surface area contributed by atoms with Gasteiger partial charge in [0.1, 0.15) is 0 Å². The van der Waals surface area contributed by atoms with E-state index in [0.29, 0.717) is 19.3 Å². The molecule has 1 amide bonds. The van der Waals surface area contributed by atoms with E-state index in [1.807, 2.05) is 13.8 Å². The maximum absolute atomic E-state index is 12.0. The lowest BCUT2D eigenvalue weighted by molar-refractivity contribution is -0.138. The minimum Gasteiger partial charge on any atom is -0.481 e. The quantitative estimate of drug-likeness (QED) is 0.628. The molecular formula is C12H24N2O3. The van der Waals surface area contributed by atoms with Crippen LogP contribution < -0.4 is 11.1 Å². The van der Waals surface area contributed by atoms with Gasteiger partial charge >= 0.3 is 5.97 Å². The Labute approximate surface area is 103 Å². The Morgan fingerprint density at radius 1 is 1.24 bits per heavy atom. The summed E-state index contributed by atoms with van der Waals surface area (Å²) in [5, 5.41) is 11.5. The number of aliphatic carboxylic acids is 1. The molecule has 0 radical (unpaired) electrons. The molecule has 0 unspecified atom stereocenters. The zero-order valence-corrected chi connectivity index (χ0v) is 11.2. The maximum atomic E-state index is 12.0. The van der Waals surface area contributed by atoms with E-state index in [1.165, 1.54) is 0 Å². The molecule has 4 N–H and O–H groups in total. The highest BCUT2D eigenvalue weighted by molar-refractivity contribution is 5.86. The summed E-state index contributed by atoms with van der Waals surface area (Å²) in [6, 6.07) is 0. The number of nitrogens with one attached hydrogen (secondary N) is 1. The number of carbonyl (C=O) groups excluding carboxylic acids is 1. The summed E-state index contributed by atoms with van der Waals surface area (Å²) < 4.78 is 0. The fourth-order valence-electron chi connectivity index (χ4n) is 1.48. The molecule has 0 spiro atoms. The topological polar surface area (TPSA) is 92.4 Å². The zero-order chi connectivity index (χ0) is 13.7. The second-order valence-corrected chi connectivity index (χ2v) is 5.09. The van der Waals surface area contributed by atoms with Gasteiger partial charge < -0.3 is 16.2 Å². The average Bonchev–Trinajstić information content (AvgIpc) is 2.24. The molecule has 0 rings (SSSR count). The molecule has 0 heterocycles. The largest absolute Gasteiger partial charge is 0.481 e. The molecule has 0 aliphatic heterocycles. The van der Waals surface area contributed by atoms with E-state index in [9.17, 15) is 9.59 Å². The minimum atomic E-state index is -0.864. The number of carboxylic acid groups (broad SMARTS) is 1. The van der Waals surface area contributed by atoms with Gasteiger partial charge in [-0.05, 0) is 33.1 Å². The van der Waals surface area contributed by atoms with E-state index in [0.717, 1.165) is 0 Å². The normalized spacial score (nSPS) is 12.3. The van der Waals surface area contributed by atoms with Gasteiger partial charge in [0.05, 0.1) is 5.54 Å². The van der Waals surface area contributed by atoms with Crippen molar-refractivity contribution in [3.8, 4) is 0 Å². The standard InChI is InChI=1S/C12H24N2O3/c1-5-12(13,6-2)10(17)14-11(3,4)8-7-9(15)16/h5-8,13H2,1-4H3,(H,14,17)(H,15,16). The minimum absolute atomic E-state index is 0.0309. The third-order valence-corrected chi connectivity index (χ3v) is 3.13. The van der Waals surface area contributed by atoms with Crippen LogP contribution in [-0.2, 0) is 9.59 Å². The first kappa shape index (κ1) is 15.9. The van der Waals surface area contributed by atoms with Gasteiger partial charge in [0, 0.05) is 12.0 Å². The van der Waals surface area contributed by atoms with Crippen molar-refractivity contribution < 1.29 is 14.7 Å². The lowest BCUT2D eigenvalue weighted by atomic mass is 9.90. The van der Waals surface area contributed by atoms with E-state index in [4.69, 9.17) is 10.8 Å². The second-order valence-electron chi connectivity index (χ2n) is 5.09. The van der Waals surface area contributed by atoms with Crippen molar-refractivity contribution in [3.05, 3.63) is 0 Å². The van der Waals surface area contributed by atoms with Gasteiger partial charge in [-0.25, -0.2) is 0 Å². The van der Waals surface area contributed by atoms with Gasteiger partial charge in [0.25, 0.3) is 0 Å². The molecule has 0 bridgehead atoms. The van der Waals surface area contributed by atoms with E-state index in [1.54, 1.807) is 13.8 Å². The average molecular weight is 244 g/mol. The van der Waals surface area contributed by atoms with Crippen molar-refractivity contribution in [2.75, 3.05) is 0 Å². The number of carbonyl (C=O) groups is 2. The third kappa shape index (κ3) is 5.17. The zero-order valence-electron chi connectivity index (χ0n) is 11.2. The van der Waals surface area contributed by atoms with Crippen LogP contribution in [0.5, 0.6) is 0 Å². The first-order valence-electron chi connectivity index (χ1n) is 6.00. The van der Waals surface area contributed by atoms with Crippen LogP contribution in [0.4, 0.5) is 0 Å². The Bertz CT molecular complexity index is 283. The van der Waals surface area contributed by atoms with Crippen LogP contribution >= 0.6 is 0 Å². The monoisotopic (exact) mass is 244 g/mol. The van der Waals surface area contributed by atoms with Crippen molar-refractivity contribution in [2.45, 2.75) is 64.5 Å². The molecule has 0 atom stereocenters. The summed E-state index contributed by atoms with van der Waals surface area (Å²) in [5.41, 5.74) is 4.56. The molecule has 0 saturated heterocycles. The molecule has 0 aliphatic carbocycles. The molecule has 5 nitrogen and oxygen atoms in total. The fourth-order valence-corrected chi connectivity index (χ4v) is 1.48. The molecule has 0 aromatic heterocycles. The Morgan fingerprint density at radius 2 is 1.71 bits per heavy atom. The van der Waals surface area contributed by atoms with E-state index in [-0.39, 0.29) is 12.3 Å². The summed E-state index contributed by atoms with van der Waals surface area (Å²) in [7, 11) is 0. The van der Waals surface area contributed by atoms with Crippen molar-refractivity contribution in [1.82, 2.24) is 5.32 Å². The van der Waals surface area contributed by atoms with Crippen molar-refractivity contribution >= 4 is 11.9 Å². The van der Waals surface area contributed by atoms with Gasteiger partial charge in [0.15, 0.2) is 0 Å². The van der Waals surface area contributed by atoms with E-state index >= 15 is 0 Å². The third-order valence-electron chi connectivity index (χ3n) is 3.13. The second kappa shape index (κ2) is 6.00. The van der Waals surface area contributed by atoms with E-state index < -0.39 is 17.0 Å². The highest BCUT2D eigenvalue weighted by Gasteiger charge is 2.33. The molecule has 17 heavy (non-hydrogen) atoms. The highest BCUT2D eigenvalue weighted by Crippen LogP contribution is 2.16. The van der Waals surface area contributed by atoms with Crippen LogP contribution in [0, 0.1) is 0 Å². The van der Waals surface area contributed by atoms with Crippen molar-refractivity contribution in [1.29, 1.82) is 0 Å². The molecule has 100 valence electrons. The van der Waals surface area contributed by atoms with Crippen LogP contribution in [-0.4, -0.2) is 28.1 Å². The van der Waals surface area contributed by atoms with Gasteiger partial charge in [-0.3, -0.25) is 9.59 Å². The molecule has 0 aromatic carbocycles. The number of hydrogen-bond acceptors (Lipinski definition) is 3. The smallest absolute Gasteiger partial charge is 0.303 e. The fraction of sp³-hybridized carbons (Fsp3) is 0.833. The highest BCUT2D eigenvalue weighted by atomic mass is 16.4. The summed E-state index contributed by atoms with van der Waals surface area (Å²) >= 11 is 0. The summed E-state index contributed by atoms with van der Waals surface area (Å²) in [5.74, 6) is -1.07. The number of carboxylic acids is 1. The summed E-state index contributed by atoms with van der Waals surface area (Å²) in [6.07, 6.45) is 1.54. The van der Waals surface area contributed by atoms with Gasteiger partial charge in [-0.2, -0.15) is 0 Å². The van der Waals surface area contributed by atoms with Crippen LogP contribution in [0.25, 0.3) is 0 Å². The van der Waals surface area contributed by atoms with Crippen molar-refractivity contribution in [3.63, 3.8) is 0 Å². The van der Waals surface area contributed by atoms with Crippen molar-refractivity contribution in [2.24, 2.45) is 5.73 Å². The Balaban J connectivity index is 4.50. The van der Waals surface area contributed by atoms with Gasteiger partial charge in [-0.15, -0.1) is 0 Å². The van der Waals surface area contributed by atoms with E-state index in [2.05, 4.69) is 5.32 Å². The maximum Gasteiger partial charge on any atom is 0.303 e. The molecule has 0 fully saturated rings. The SMILES string of the molecule is CCC(N)(CC)C(=O)NC(C)(C)CCC(=O)O. The number of rotatable bonds is 7. The van der Waals surface area contributed by atoms with Crippen LogP contribution in [0.3, 0.4) is 0 Å². The first-order chi connectivity index (χ1) is 7.67. The number of nitrogens with two attached hydrogens (primary N) is 1. The lowest BCUT2D eigenvalue weighted by Crippen LogP contribution is -2.58. The molecular weight excluding hydrogens is 220 g/mol. The molecule has 0 aliphatic rings. The summed E-state index contributed by atoms with van der Waals surface area (Å²) in [4.78, 5) is 22.5. The van der Waals surface area contributed by atoms with Crippen LogP contribution in [0.1, 0.15) is 53.4 Å². The number of amides is 1. The van der Waals surface area contributed by atoms with Crippen LogP contribution in [0.2, 0.25) is 0 Å². The molecule has 0 aromatic rings. The lowest BCUT2D eigenvalue weighted by Gasteiger charge is -2.32. The Kier molecular flexibility index (Phi) is 5.61. The molecule has 0 saturated carbocycles. The van der Waals surface area contributed by atoms with Gasteiger partial charge in [0.2, 0.25) is 5.91 Å². The van der Waals surface area contributed by atoms with Gasteiger partial charge in [-0.1, -0.05) is 13.8 Å². The van der Waals surface area contributed by atoms with Crippen LogP contribution in [0.15, 0.2) is 0 Å². The molecule has 5 heteroatoms. The number of hydrogen-bond donors (Lipinski definition) is 3. The Hall–Kier alpha value is -1.10. The Morgan fingerprint density at radius 3 is 2.06 bits per heavy atom.